The molecule has 0 saturated heterocycles. The monoisotopic (exact) mass is 90.1 g/mol. The standard InChI is InChI=1S/C3H10N2O/c4-2-1-3-5-6/h5-6H,1-4H2. The molecule has 0 aliphatic heterocycles. The van der Waals surface area contributed by atoms with Gasteiger partial charge < -0.3 is 10.9 Å². The maximum Gasteiger partial charge on any atom is 0.0219 e. The van der Waals surface area contributed by atoms with Crippen molar-refractivity contribution in [1.29, 1.82) is 0 Å². The van der Waals surface area contributed by atoms with Crippen LogP contribution in [0.4, 0.5) is 0 Å². The molecule has 3 nitrogen and oxygen atoms in total. The molecule has 0 bridgehead atoms. The van der Waals surface area contributed by atoms with E-state index in [0.717, 1.165) is 6.42 Å². The van der Waals surface area contributed by atoms with Gasteiger partial charge in [0.25, 0.3) is 0 Å². The van der Waals surface area contributed by atoms with E-state index in [1.165, 1.54) is 0 Å². The third kappa shape index (κ3) is 3.88. The van der Waals surface area contributed by atoms with Crippen LogP contribution >= 0.6 is 0 Å². The Bertz CT molecular complexity index is 20.8. The van der Waals surface area contributed by atoms with Crippen molar-refractivity contribution in [2.45, 2.75) is 6.42 Å². The van der Waals surface area contributed by atoms with Gasteiger partial charge in [0.15, 0.2) is 0 Å². The Labute approximate surface area is 37.1 Å². The van der Waals surface area contributed by atoms with Gasteiger partial charge in [-0.1, -0.05) is 0 Å². The predicted octanol–water partition coefficient (Wildman–Crippen LogP) is -0.686. The Morgan fingerprint density at radius 3 is 2.50 bits per heavy atom. The van der Waals surface area contributed by atoms with Gasteiger partial charge in [0, 0.05) is 6.54 Å². The SMILES string of the molecule is NCCCNO. The minimum absolute atomic E-state index is 0.594. The summed E-state index contributed by atoms with van der Waals surface area (Å²) in [5.41, 5.74) is 7.05. The van der Waals surface area contributed by atoms with Crippen molar-refractivity contribution in [3.63, 3.8) is 0 Å². The van der Waals surface area contributed by atoms with Crippen LogP contribution in [0.25, 0.3) is 0 Å². The second-order valence-electron chi connectivity index (χ2n) is 1.05. The maximum absolute atomic E-state index is 7.89. The third-order valence-electron chi connectivity index (χ3n) is 0.493. The van der Waals surface area contributed by atoms with Crippen LogP contribution in [0, 0.1) is 0 Å². The smallest absolute Gasteiger partial charge is 0.0219 e. The summed E-state index contributed by atoms with van der Waals surface area (Å²) >= 11 is 0. The Hall–Kier alpha value is -0.120. The van der Waals surface area contributed by atoms with Gasteiger partial charge in [0.05, 0.1) is 0 Å². The van der Waals surface area contributed by atoms with Crippen molar-refractivity contribution in [3.05, 3.63) is 0 Å². The van der Waals surface area contributed by atoms with Crippen molar-refractivity contribution in [1.82, 2.24) is 5.48 Å². The lowest BCUT2D eigenvalue weighted by molar-refractivity contribution is 0.166. The predicted molar refractivity (Wildman–Crippen MR) is 23.5 cm³/mol. The topological polar surface area (TPSA) is 58.3 Å². The molecule has 0 aromatic rings. The Kier molecular flexibility index (Phi) is 4.78. The molecular weight excluding hydrogens is 80.0 g/mol. The van der Waals surface area contributed by atoms with Gasteiger partial charge in [0.1, 0.15) is 0 Å². The van der Waals surface area contributed by atoms with Crippen LogP contribution in [0.15, 0.2) is 0 Å². The first kappa shape index (κ1) is 5.88. The fourth-order valence-electron chi connectivity index (χ4n) is 0.181. The molecule has 4 N–H and O–H groups in total. The quantitative estimate of drug-likeness (QED) is 0.317. The number of nitrogens with one attached hydrogen (secondary N) is 1. The first-order valence-electron chi connectivity index (χ1n) is 1.99. The summed E-state index contributed by atoms with van der Waals surface area (Å²) in [6.07, 6.45) is 0.830. The normalized spacial score (nSPS) is 9.00. The second kappa shape index (κ2) is 4.88. The molecule has 0 aliphatic carbocycles. The summed E-state index contributed by atoms with van der Waals surface area (Å²) in [6, 6.07) is 0. The Morgan fingerprint density at radius 1 is 1.67 bits per heavy atom. The van der Waals surface area contributed by atoms with Crippen LogP contribution in [0.1, 0.15) is 6.42 Å². The van der Waals surface area contributed by atoms with Crippen LogP contribution in [0.3, 0.4) is 0 Å². The average Bonchev–Trinajstić information content (AvgIpc) is 1.61. The van der Waals surface area contributed by atoms with E-state index in [9.17, 15) is 0 Å². The molecule has 6 heavy (non-hydrogen) atoms. The first-order valence-corrected chi connectivity index (χ1v) is 1.99. The lowest BCUT2D eigenvalue weighted by Gasteiger charge is -1.89. The van der Waals surface area contributed by atoms with E-state index in [1.807, 2.05) is 5.48 Å². The summed E-state index contributed by atoms with van der Waals surface area (Å²) in [4.78, 5) is 0. The van der Waals surface area contributed by atoms with Crippen molar-refractivity contribution in [2.75, 3.05) is 13.1 Å². The molecule has 0 unspecified atom stereocenters. The summed E-state index contributed by atoms with van der Waals surface area (Å²) < 4.78 is 0. The highest BCUT2D eigenvalue weighted by atomic mass is 16.5. The van der Waals surface area contributed by atoms with E-state index in [0.29, 0.717) is 13.1 Å². The van der Waals surface area contributed by atoms with Gasteiger partial charge in [-0.05, 0) is 13.0 Å². The van der Waals surface area contributed by atoms with Gasteiger partial charge >= 0.3 is 0 Å². The molecule has 0 atom stereocenters. The molecule has 38 valence electrons. The molecule has 0 aromatic carbocycles. The molecule has 3 heteroatoms. The molecule has 0 saturated carbocycles. The molecular formula is C3H10N2O. The number of hydrogen-bond acceptors (Lipinski definition) is 3. The van der Waals surface area contributed by atoms with Crippen LogP contribution in [0.5, 0.6) is 0 Å². The lowest BCUT2D eigenvalue weighted by Crippen LogP contribution is -2.13. The first-order chi connectivity index (χ1) is 2.91. The average molecular weight is 90.1 g/mol. The molecule has 0 rings (SSSR count). The van der Waals surface area contributed by atoms with E-state index >= 15 is 0 Å². The minimum atomic E-state index is 0.594. The molecule has 0 aromatic heterocycles. The fourth-order valence-corrected chi connectivity index (χ4v) is 0.181. The van der Waals surface area contributed by atoms with Crippen molar-refractivity contribution >= 4 is 0 Å². The zero-order valence-electron chi connectivity index (χ0n) is 3.65. The second-order valence-corrected chi connectivity index (χ2v) is 1.05. The molecule has 0 amide bonds. The van der Waals surface area contributed by atoms with Crippen LogP contribution in [-0.4, -0.2) is 18.3 Å². The Balaban J connectivity index is 2.34. The van der Waals surface area contributed by atoms with E-state index in [1.54, 1.807) is 0 Å². The highest BCUT2D eigenvalue weighted by Crippen LogP contribution is 1.62. The largest absolute Gasteiger partial charge is 0.330 e. The van der Waals surface area contributed by atoms with Crippen molar-refractivity contribution < 1.29 is 5.21 Å². The van der Waals surface area contributed by atoms with E-state index in [4.69, 9.17) is 10.9 Å². The minimum Gasteiger partial charge on any atom is -0.330 e. The molecule has 0 radical (unpaired) electrons. The number of rotatable bonds is 3. The van der Waals surface area contributed by atoms with E-state index in [2.05, 4.69) is 0 Å². The third-order valence-corrected chi connectivity index (χ3v) is 0.493. The summed E-state index contributed by atoms with van der Waals surface area (Å²) in [7, 11) is 0. The molecule has 0 fully saturated rings. The van der Waals surface area contributed by atoms with Gasteiger partial charge in [-0.25, -0.2) is 5.48 Å². The van der Waals surface area contributed by atoms with Gasteiger partial charge in [-0.15, -0.1) is 0 Å². The summed E-state index contributed by atoms with van der Waals surface area (Å²) in [5.74, 6) is 0. The highest BCUT2D eigenvalue weighted by Gasteiger charge is 1.74. The van der Waals surface area contributed by atoms with Gasteiger partial charge in [-0.2, -0.15) is 0 Å². The van der Waals surface area contributed by atoms with Crippen LogP contribution < -0.4 is 11.2 Å². The van der Waals surface area contributed by atoms with Gasteiger partial charge in [-0.3, -0.25) is 0 Å². The molecule has 0 aliphatic rings. The number of nitrogens with two attached hydrogens (primary N) is 1. The fraction of sp³-hybridized carbons (Fsp3) is 1.00. The van der Waals surface area contributed by atoms with Crippen molar-refractivity contribution in [2.24, 2.45) is 5.73 Å². The maximum atomic E-state index is 7.89. The summed E-state index contributed by atoms with van der Waals surface area (Å²) in [6.45, 7) is 1.23. The number of hydrogen-bond donors (Lipinski definition) is 3. The highest BCUT2D eigenvalue weighted by molar-refractivity contribution is 4.35. The van der Waals surface area contributed by atoms with E-state index < -0.39 is 0 Å². The molecule has 0 spiro atoms. The van der Waals surface area contributed by atoms with Crippen LogP contribution in [-0.2, 0) is 0 Å². The van der Waals surface area contributed by atoms with Crippen molar-refractivity contribution in [3.8, 4) is 0 Å². The zero-order valence-corrected chi connectivity index (χ0v) is 3.65. The summed E-state index contributed by atoms with van der Waals surface area (Å²) in [5, 5.41) is 7.89. The van der Waals surface area contributed by atoms with E-state index in [-0.39, 0.29) is 0 Å². The van der Waals surface area contributed by atoms with Gasteiger partial charge in [0.2, 0.25) is 0 Å². The number of hydroxylamine groups is 1. The zero-order chi connectivity index (χ0) is 4.83. The lowest BCUT2D eigenvalue weighted by atomic mass is 10.4. The van der Waals surface area contributed by atoms with Crippen LogP contribution in [0.2, 0.25) is 0 Å². The molecule has 0 heterocycles. The Morgan fingerprint density at radius 2 is 2.33 bits per heavy atom.